The Morgan fingerprint density at radius 1 is 1.16 bits per heavy atom. The molecule has 0 radical (unpaired) electrons. The Balaban J connectivity index is 0.00000180. The maximum absolute atomic E-state index is 7.37. The number of hydrogen-bond donors (Lipinski definition) is 2. The van der Waals surface area contributed by atoms with Gasteiger partial charge in [-0.1, -0.05) is 29.8 Å². The molecule has 0 atom stereocenters. The molecule has 0 amide bonds. The van der Waals surface area contributed by atoms with Crippen LogP contribution in [0.5, 0.6) is 5.75 Å². The van der Waals surface area contributed by atoms with Crippen molar-refractivity contribution in [1.29, 1.82) is 5.41 Å². The molecule has 0 aliphatic rings. The second-order valence-electron chi connectivity index (χ2n) is 3.86. The van der Waals surface area contributed by atoms with Crippen molar-refractivity contribution < 1.29 is 4.74 Å². The van der Waals surface area contributed by atoms with E-state index in [4.69, 9.17) is 27.5 Å². The van der Waals surface area contributed by atoms with E-state index in [2.05, 4.69) is 0 Å². The SMILES string of the molecule is Cl.N=C(N)c1cccc(COc2ccc(Cl)cc2)c1. The van der Waals surface area contributed by atoms with Gasteiger partial charge in [-0.3, -0.25) is 5.41 Å². The van der Waals surface area contributed by atoms with Gasteiger partial charge in [0.1, 0.15) is 18.2 Å². The first-order valence-electron chi connectivity index (χ1n) is 5.47. The number of benzene rings is 2. The Bertz CT molecular complexity index is 556. The molecule has 0 heterocycles. The molecule has 0 aliphatic carbocycles. The van der Waals surface area contributed by atoms with E-state index in [9.17, 15) is 0 Å². The molecule has 0 fully saturated rings. The number of amidine groups is 1. The highest BCUT2D eigenvalue weighted by molar-refractivity contribution is 6.30. The molecule has 2 rings (SSSR count). The number of nitrogens with one attached hydrogen (secondary N) is 1. The Kier molecular flexibility index (Phi) is 5.67. The fraction of sp³-hybridized carbons (Fsp3) is 0.0714. The van der Waals surface area contributed by atoms with Crippen LogP contribution in [0.1, 0.15) is 11.1 Å². The Morgan fingerprint density at radius 2 is 1.84 bits per heavy atom. The number of hydrogen-bond acceptors (Lipinski definition) is 2. The van der Waals surface area contributed by atoms with Crippen molar-refractivity contribution in [3.63, 3.8) is 0 Å². The van der Waals surface area contributed by atoms with Crippen molar-refractivity contribution in [1.82, 2.24) is 0 Å². The molecule has 0 spiro atoms. The second-order valence-corrected chi connectivity index (χ2v) is 4.29. The highest BCUT2D eigenvalue weighted by Crippen LogP contribution is 2.17. The summed E-state index contributed by atoms with van der Waals surface area (Å²) in [5.74, 6) is 0.816. The minimum atomic E-state index is 0. The van der Waals surface area contributed by atoms with Gasteiger partial charge in [0, 0.05) is 10.6 Å². The number of halogens is 2. The van der Waals surface area contributed by atoms with Crippen molar-refractivity contribution in [2.24, 2.45) is 5.73 Å². The van der Waals surface area contributed by atoms with Crippen LogP contribution in [0.4, 0.5) is 0 Å². The number of ether oxygens (including phenoxy) is 1. The average Bonchev–Trinajstić information content (AvgIpc) is 2.38. The van der Waals surface area contributed by atoms with Gasteiger partial charge in [0.2, 0.25) is 0 Å². The van der Waals surface area contributed by atoms with Crippen LogP contribution in [0.3, 0.4) is 0 Å². The zero-order valence-corrected chi connectivity index (χ0v) is 11.7. The minimum Gasteiger partial charge on any atom is -0.489 e. The van der Waals surface area contributed by atoms with Crippen LogP contribution in [-0.4, -0.2) is 5.84 Å². The van der Waals surface area contributed by atoms with Gasteiger partial charge < -0.3 is 10.5 Å². The third-order valence-corrected chi connectivity index (χ3v) is 2.71. The van der Waals surface area contributed by atoms with Gasteiger partial charge in [-0.25, -0.2) is 0 Å². The summed E-state index contributed by atoms with van der Waals surface area (Å²) in [6.07, 6.45) is 0. The zero-order valence-electron chi connectivity index (χ0n) is 10.1. The number of nitrogens with two attached hydrogens (primary N) is 1. The molecule has 5 heteroatoms. The molecular weight excluding hydrogens is 283 g/mol. The summed E-state index contributed by atoms with van der Waals surface area (Å²) < 4.78 is 5.61. The molecule has 3 nitrogen and oxygen atoms in total. The van der Waals surface area contributed by atoms with Crippen molar-refractivity contribution in [3.8, 4) is 5.75 Å². The van der Waals surface area contributed by atoms with Crippen LogP contribution in [-0.2, 0) is 6.61 Å². The number of nitrogen functional groups attached to an aromatic ring is 1. The lowest BCUT2D eigenvalue weighted by Crippen LogP contribution is -2.11. The fourth-order valence-electron chi connectivity index (χ4n) is 1.53. The summed E-state index contributed by atoms with van der Waals surface area (Å²) in [5, 5.41) is 8.06. The first-order chi connectivity index (χ1) is 8.65. The maximum Gasteiger partial charge on any atom is 0.122 e. The Labute approximate surface area is 123 Å². The van der Waals surface area contributed by atoms with Gasteiger partial charge in [0.05, 0.1) is 0 Å². The molecule has 0 saturated heterocycles. The summed E-state index contributed by atoms with van der Waals surface area (Å²) in [6, 6.07) is 14.6. The first kappa shape index (κ1) is 15.3. The van der Waals surface area contributed by atoms with E-state index in [0.717, 1.165) is 11.3 Å². The molecular formula is C14H14Cl2N2O. The summed E-state index contributed by atoms with van der Waals surface area (Å²) in [6.45, 7) is 0.433. The van der Waals surface area contributed by atoms with E-state index in [-0.39, 0.29) is 18.2 Å². The predicted octanol–water partition coefficient (Wildman–Crippen LogP) is 3.62. The van der Waals surface area contributed by atoms with Crippen molar-refractivity contribution in [2.75, 3.05) is 0 Å². The third kappa shape index (κ3) is 4.47. The van der Waals surface area contributed by atoms with Crippen LogP contribution in [0, 0.1) is 5.41 Å². The lowest BCUT2D eigenvalue weighted by molar-refractivity contribution is 0.306. The van der Waals surface area contributed by atoms with E-state index < -0.39 is 0 Å². The van der Waals surface area contributed by atoms with Crippen LogP contribution < -0.4 is 10.5 Å². The lowest BCUT2D eigenvalue weighted by Gasteiger charge is -2.07. The van der Waals surface area contributed by atoms with Gasteiger partial charge in [-0.15, -0.1) is 12.4 Å². The summed E-state index contributed by atoms with van der Waals surface area (Å²) in [7, 11) is 0. The van der Waals surface area contributed by atoms with Gasteiger partial charge in [0.25, 0.3) is 0 Å². The van der Waals surface area contributed by atoms with Gasteiger partial charge in [-0.05, 0) is 35.9 Å². The molecule has 0 aliphatic heterocycles. The van der Waals surface area contributed by atoms with E-state index >= 15 is 0 Å². The van der Waals surface area contributed by atoms with Crippen molar-refractivity contribution >= 4 is 29.8 Å². The van der Waals surface area contributed by atoms with E-state index in [1.807, 2.05) is 30.3 Å². The highest BCUT2D eigenvalue weighted by Gasteiger charge is 2.00. The Hall–Kier alpha value is -1.71. The quantitative estimate of drug-likeness (QED) is 0.669. The van der Waals surface area contributed by atoms with Crippen LogP contribution >= 0.6 is 24.0 Å². The van der Waals surface area contributed by atoms with E-state index in [0.29, 0.717) is 17.2 Å². The first-order valence-corrected chi connectivity index (χ1v) is 5.84. The van der Waals surface area contributed by atoms with Gasteiger partial charge >= 0.3 is 0 Å². The molecule has 0 saturated carbocycles. The lowest BCUT2D eigenvalue weighted by atomic mass is 10.1. The largest absolute Gasteiger partial charge is 0.489 e. The normalized spacial score (nSPS) is 9.53. The molecule has 100 valence electrons. The highest BCUT2D eigenvalue weighted by atomic mass is 35.5. The zero-order chi connectivity index (χ0) is 13.0. The topological polar surface area (TPSA) is 59.1 Å². The van der Waals surface area contributed by atoms with Crippen molar-refractivity contribution in [3.05, 3.63) is 64.7 Å². The molecule has 0 unspecified atom stereocenters. The second kappa shape index (κ2) is 7.02. The molecule has 2 aromatic rings. The molecule has 0 aromatic heterocycles. The predicted molar refractivity (Wildman–Crippen MR) is 80.5 cm³/mol. The third-order valence-electron chi connectivity index (χ3n) is 2.46. The summed E-state index contributed by atoms with van der Waals surface area (Å²) in [4.78, 5) is 0. The molecule has 2 aromatic carbocycles. The van der Waals surface area contributed by atoms with Gasteiger partial charge in [0.15, 0.2) is 0 Å². The van der Waals surface area contributed by atoms with Crippen LogP contribution in [0.2, 0.25) is 5.02 Å². The van der Waals surface area contributed by atoms with Crippen molar-refractivity contribution in [2.45, 2.75) is 6.61 Å². The number of rotatable bonds is 4. The van der Waals surface area contributed by atoms with Crippen LogP contribution in [0.25, 0.3) is 0 Å². The maximum atomic E-state index is 7.37. The minimum absolute atomic E-state index is 0. The molecule has 19 heavy (non-hydrogen) atoms. The van der Waals surface area contributed by atoms with Crippen LogP contribution in [0.15, 0.2) is 48.5 Å². The van der Waals surface area contributed by atoms with Gasteiger partial charge in [-0.2, -0.15) is 0 Å². The van der Waals surface area contributed by atoms with E-state index in [1.54, 1.807) is 18.2 Å². The summed E-state index contributed by atoms with van der Waals surface area (Å²) in [5.41, 5.74) is 7.11. The fourth-order valence-corrected chi connectivity index (χ4v) is 1.65. The monoisotopic (exact) mass is 296 g/mol. The Morgan fingerprint density at radius 3 is 2.47 bits per heavy atom. The van der Waals surface area contributed by atoms with E-state index in [1.165, 1.54) is 0 Å². The molecule has 0 bridgehead atoms. The smallest absolute Gasteiger partial charge is 0.122 e. The summed E-state index contributed by atoms with van der Waals surface area (Å²) >= 11 is 5.79. The average molecular weight is 297 g/mol. The molecule has 3 N–H and O–H groups in total. The standard InChI is InChI=1S/C14H13ClN2O.ClH/c15-12-4-6-13(7-5-12)18-9-10-2-1-3-11(8-10)14(16)17;/h1-8H,9H2,(H3,16,17);1H.